The molecule has 2 rings (SSSR count). The molecule has 1 heterocycles. The summed E-state index contributed by atoms with van der Waals surface area (Å²) in [6, 6.07) is 8.09. The smallest absolute Gasteiger partial charge is 0.270 e. The lowest BCUT2D eigenvalue weighted by molar-refractivity contribution is -0.384. The van der Waals surface area contributed by atoms with E-state index in [1.165, 1.54) is 18.3 Å². The molecule has 5 heteroatoms. The Hall–Kier alpha value is -2.43. The van der Waals surface area contributed by atoms with E-state index in [0.717, 1.165) is 11.1 Å². The van der Waals surface area contributed by atoms with Gasteiger partial charge in [-0.05, 0) is 11.6 Å². The van der Waals surface area contributed by atoms with Crippen molar-refractivity contribution < 1.29 is 4.92 Å². The van der Waals surface area contributed by atoms with Crippen molar-refractivity contribution in [2.45, 2.75) is 0 Å². The molecule has 2 aromatic rings. The molecule has 0 radical (unpaired) electrons. The molecule has 0 unspecified atom stereocenters. The maximum Gasteiger partial charge on any atom is 0.270 e. The van der Waals surface area contributed by atoms with Crippen molar-refractivity contribution in [2.24, 2.45) is 0 Å². The third-order valence-corrected chi connectivity index (χ3v) is 2.15. The first-order valence-corrected chi connectivity index (χ1v) is 4.62. The van der Waals surface area contributed by atoms with Crippen LogP contribution in [0.25, 0.3) is 11.1 Å². The minimum Gasteiger partial charge on any atom is -0.397 e. The van der Waals surface area contributed by atoms with Crippen LogP contribution in [0.4, 0.5) is 11.4 Å². The van der Waals surface area contributed by atoms with Crippen LogP contribution in [0.15, 0.2) is 42.7 Å². The van der Waals surface area contributed by atoms with Gasteiger partial charge in [0.2, 0.25) is 0 Å². The average Bonchev–Trinajstić information content (AvgIpc) is 2.29. The Morgan fingerprint density at radius 1 is 1.19 bits per heavy atom. The standard InChI is InChI=1S/C11H9N3O2/c12-10-4-9(6-13-7-10)8-2-1-3-11(5-8)14(15)16/h1-7H,12H2. The first-order valence-electron chi connectivity index (χ1n) is 4.62. The van der Waals surface area contributed by atoms with E-state index in [2.05, 4.69) is 4.98 Å². The molecule has 1 aromatic heterocycles. The molecular formula is C11H9N3O2. The maximum atomic E-state index is 10.6. The van der Waals surface area contributed by atoms with Crippen molar-refractivity contribution in [1.29, 1.82) is 0 Å². The average molecular weight is 215 g/mol. The number of nitrogen functional groups attached to an aromatic ring is 1. The van der Waals surface area contributed by atoms with Gasteiger partial charge in [0.15, 0.2) is 0 Å². The van der Waals surface area contributed by atoms with Crippen LogP contribution in [-0.4, -0.2) is 9.91 Å². The molecule has 1 aromatic carbocycles. The van der Waals surface area contributed by atoms with Gasteiger partial charge in [0.25, 0.3) is 5.69 Å². The van der Waals surface area contributed by atoms with Gasteiger partial charge in [-0.1, -0.05) is 12.1 Å². The van der Waals surface area contributed by atoms with Gasteiger partial charge in [-0.2, -0.15) is 0 Å². The third-order valence-electron chi connectivity index (χ3n) is 2.15. The number of hydrogen-bond donors (Lipinski definition) is 1. The number of rotatable bonds is 2. The molecule has 0 aliphatic rings. The Morgan fingerprint density at radius 3 is 2.69 bits per heavy atom. The van der Waals surface area contributed by atoms with Crippen molar-refractivity contribution in [1.82, 2.24) is 4.98 Å². The van der Waals surface area contributed by atoms with E-state index in [4.69, 9.17) is 5.73 Å². The van der Waals surface area contributed by atoms with Crippen molar-refractivity contribution in [2.75, 3.05) is 5.73 Å². The second-order valence-electron chi connectivity index (χ2n) is 3.31. The minimum absolute atomic E-state index is 0.0555. The predicted molar refractivity (Wildman–Crippen MR) is 60.7 cm³/mol. The zero-order valence-electron chi connectivity index (χ0n) is 8.33. The van der Waals surface area contributed by atoms with Gasteiger partial charge in [0.05, 0.1) is 10.6 Å². The van der Waals surface area contributed by atoms with Crippen LogP contribution >= 0.6 is 0 Å². The van der Waals surface area contributed by atoms with Crippen LogP contribution in [0.5, 0.6) is 0 Å². The summed E-state index contributed by atoms with van der Waals surface area (Å²) in [7, 11) is 0. The second-order valence-corrected chi connectivity index (χ2v) is 3.31. The zero-order chi connectivity index (χ0) is 11.5. The second kappa shape index (κ2) is 3.98. The molecule has 0 spiro atoms. The molecule has 0 saturated carbocycles. The Labute approximate surface area is 91.7 Å². The number of nitro groups is 1. The first kappa shape index (κ1) is 10.1. The molecule has 0 amide bonds. The maximum absolute atomic E-state index is 10.6. The summed E-state index contributed by atoms with van der Waals surface area (Å²) < 4.78 is 0. The molecule has 0 bridgehead atoms. The fraction of sp³-hybridized carbons (Fsp3) is 0. The number of benzene rings is 1. The van der Waals surface area contributed by atoms with Gasteiger partial charge in [-0.3, -0.25) is 15.1 Å². The highest BCUT2D eigenvalue weighted by atomic mass is 16.6. The fourth-order valence-corrected chi connectivity index (χ4v) is 1.41. The summed E-state index contributed by atoms with van der Waals surface area (Å²) in [5.41, 5.74) is 7.68. The number of nitro benzene ring substituents is 1. The summed E-state index contributed by atoms with van der Waals surface area (Å²) in [6.45, 7) is 0. The highest BCUT2D eigenvalue weighted by Crippen LogP contribution is 2.24. The molecule has 0 aliphatic heterocycles. The van der Waals surface area contributed by atoms with Crippen molar-refractivity contribution >= 4 is 11.4 Å². The van der Waals surface area contributed by atoms with E-state index in [1.54, 1.807) is 24.4 Å². The van der Waals surface area contributed by atoms with Gasteiger partial charge in [-0.15, -0.1) is 0 Å². The summed E-state index contributed by atoms with van der Waals surface area (Å²) in [5.74, 6) is 0. The molecule has 5 nitrogen and oxygen atoms in total. The molecule has 0 saturated heterocycles. The Kier molecular flexibility index (Phi) is 2.51. The monoisotopic (exact) mass is 215 g/mol. The van der Waals surface area contributed by atoms with Crippen LogP contribution in [0, 0.1) is 10.1 Å². The number of nitrogens with two attached hydrogens (primary N) is 1. The van der Waals surface area contributed by atoms with E-state index in [1.807, 2.05) is 0 Å². The van der Waals surface area contributed by atoms with Gasteiger partial charge in [0.1, 0.15) is 0 Å². The van der Waals surface area contributed by atoms with Gasteiger partial charge >= 0.3 is 0 Å². The molecular weight excluding hydrogens is 206 g/mol. The highest BCUT2D eigenvalue weighted by Gasteiger charge is 2.07. The molecule has 2 N–H and O–H groups in total. The van der Waals surface area contributed by atoms with E-state index in [-0.39, 0.29) is 5.69 Å². The number of nitrogens with zero attached hydrogens (tertiary/aromatic N) is 2. The molecule has 0 aliphatic carbocycles. The zero-order valence-corrected chi connectivity index (χ0v) is 8.33. The number of non-ortho nitro benzene ring substituents is 1. The number of aromatic nitrogens is 1. The van der Waals surface area contributed by atoms with Crippen LogP contribution < -0.4 is 5.73 Å². The molecule has 80 valence electrons. The lowest BCUT2D eigenvalue weighted by Crippen LogP contribution is -1.90. The largest absolute Gasteiger partial charge is 0.397 e. The lowest BCUT2D eigenvalue weighted by Gasteiger charge is -2.01. The summed E-state index contributed by atoms with van der Waals surface area (Å²) >= 11 is 0. The van der Waals surface area contributed by atoms with Crippen LogP contribution in [-0.2, 0) is 0 Å². The number of pyridine rings is 1. The van der Waals surface area contributed by atoms with E-state index in [9.17, 15) is 10.1 Å². The van der Waals surface area contributed by atoms with Gasteiger partial charge in [0, 0.05) is 30.1 Å². The Balaban J connectivity index is 2.48. The molecule has 0 fully saturated rings. The SMILES string of the molecule is Nc1cncc(-c2cccc([N+](=O)[O-])c2)c1. The van der Waals surface area contributed by atoms with Crippen molar-refractivity contribution in [3.8, 4) is 11.1 Å². The first-order chi connectivity index (χ1) is 7.66. The topological polar surface area (TPSA) is 82.0 Å². The summed E-state index contributed by atoms with van der Waals surface area (Å²) in [4.78, 5) is 14.1. The lowest BCUT2D eigenvalue weighted by atomic mass is 10.1. The van der Waals surface area contributed by atoms with Crippen molar-refractivity contribution in [3.05, 3.63) is 52.8 Å². The van der Waals surface area contributed by atoms with Crippen LogP contribution in [0.2, 0.25) is 0 Å². The van der Waals surface area contributed by atoms with Crippen LogP contribution in [0.3, 0.4) is 0 Å². The fourth-order valence-electron chi connectivity index (χ4n) is 1.41. The Bertz CT molecular complexity index is 540. The minimum atomic E-state index is -0.427. The highest BCUT2D eigenvalue weighted by molar-refractivity contribution is 5.67. The van der Waals surface area contributed by atoms with Crippen LogP contribution in [0.1, 0.15) is 0 Å². The van der Waals surface area contributed by atoms with E-state index < -0.39 is 4.92 Å². The third kappa shape index (κ3) is 1.98. The van der Waals surface area contributed by atoms with E-state index in [0.29, 0.717) is 5.69 Å². The quantitative estimate of drug-likeness (QED) is 0.615. The molecule has 16 heavy (non-hydrogen) atoms. The van der Waals surface area contributed by atoms with E-state index >= 15 is 0 Å². The summed E-state index contributed by atoms with van der Waals surface area (Å²) in [6.07, 6.45) is 3.15. The Morgan fingerprint density at radius 2 is 2.00 bits per heavy atom. The molecule has 0 atom stereocenters. The summed E-state index contributed by atoms with van der Waals surface area (Å²) in [5, 5.41) is 10.6. The number of anilines is 1. The normalized spacial score (nSPS) is 10.0. The van der Waals surface area contributed by atoms with Gasteiger partial charge in [-0.25, -0.2) is 0 Å². The predicted octanol–water partition coefficient (Wildman–Crippen LogP) is 2.24. The van der Waals surface area contributed by atoms with Crippen molar-refractivity contribution in [3.63, 3.8) is 0 Å². The number of hydrogen-bond acceptors (Lipinski definition) is 4. The van der Waals surface area contributed by atoms with Gasteiger partial charge < -0.3 is 5.73 Å².